The standard InChI is InChI=1S/C39H49ClN4O5/c1-5-49-23-22-44-33-9-7-6-8-32(33)41-38(44)36(45)29-14-18-42(19-15-29)20-16-39(30-10-12-31(40)13-11-30)17-21-43(27-39)26-28-24-34(46-2)37(48-4)35(25-28)47-3/h6-13,24-25,29H,5,14-23,26-27H2,1-4H3. The number of nitrogens with zero attached hydrogens (tertiary/aromatic N) is 4. The Hall–Kier alpha value is -3.63. The number of imidazole rings is 1. The van der Waals surface area contributed by atoms with Gasteiger partial charge in [0.2, 0.25) is 11.5 Å². The summed E-state index contributed by atoms with van der Waals surface area (Å²) in [5, 5.41) is 0.754. The van der Waals surface area contributed by atoms with Gasteiger partial charge in [-0.15, -0.1) is 0 Å². The van der Waals surface area contributed by atoms with Crippen molar-refractivity contribution in [1.82, 2.24) is 19.4 Å². The minimum absolute atomic E-state index is 0.00329. The van der Waals surface area contributed by atoms with Gasteiger partial charge in [0.1, 0.15) is 0 Å². The van der Waals surface area contributed by atoms with Crippen LogP contribution in [0, 0.1) is 5.92 Å². The van der Waals surface area contributed by atoms with Crippen LogP contribution >= 0.6 is 11.6 Å². The highest BCUT2D eigenvalue weighted by molar-refractivity contribution is 6.30. The Morgan fingerprint density at radius 3 is 2.31 bits per heavy atom. The van der Waals surface area contributed by atoms with Crippen molar-refractivity contribution in [2.75, 3.05) is 67.3 Å². The molecule has 4 aromatic rings. The summed E-state index contributed by atoms with van der Waals surface area (Å²) in [7, 11) is 4.94. The third-order valence-corrected chi connectivity index (χ3v) is 10.7. The van der Waals surface area contributed by atoms with E-state index in [1.165, 1.54) is 5.56 Å². The van der Waals surface area contributed by atoms with Gasteiger partial charge in [0.15, 0.2) is 17.3 Å². The van der Waals surface area contributed by atoms with Crippen molar-refractivity contribution in [3.63, 3.8) is 0 Å². The summed E-state index contributed by atoms with van der Waals surface area (Å²) in [6.45, 7) is 9.33. The summed E-state index contributed by atoms with van der Waals surface area (Å²) in [5.74, 6) is 2.65. The molecule has 1 aromatic heterocycles. The first-order valence-electron chi connectivity index (χ1n) is 17.4. The summed E-state index contributed by atoms with van der Waals surface area (Å²) in [6.07, 6.45) is 3.78. The van der Waals surface area contributed by atoms with E-state index < -0.39 is 0 Å². The number of halogens is 1. The molecule has 2 aliphatic rings. The molecule has 0 N–H and O–H groups in total. The monoisotopic (exact) mass is 688 g/mol. The van der Waals surface area contributed by atoms with Crippen LogP contribution in [-0.2, 0) is 23.2 Å². The van der Waals surface area contributed by atoms with Crippen LogP contribution in [0.5, 0.6) is 17.2 Å². The third kappa shape index (κ3) is 7.75. The summed E-state index contributed by atoms with van der Waals surface area (Å²) < 4.78 is 24.5. The maximum atomic E-state index is 13.9. The summed E-state index contributed by atoms with van der Waals surface area (Å²) in [6, 6.07) is 20.5. The number of fused-ring (bicyclic) bond motifs is 1. The van der Waals surface area contributed by atoms with Gasteiger partial charge in [0.25, 0.3) is 0 Å². The van der Waals surface area contributed by atoms with Crippen LogP contribution in [-0.4, -0.2) is 92.4 Å². The highest BCUT2D eigenvalue weighted by Crippen LogP contribution is 2.42. The number of ketones is 1. The zero-order chi connectivity index (χ0) is 34.4. The van der Waals surface area contributed by atoms with E-state index >= 15 is 0 Å². The number of piperidine rings is 1. The lowest BCUT2D eigenvalue weighted by molar-refractivity contribution is 0.0813. The van der Waals surface area contributed by atoms with Crippen LogP contribution in [0.15, 0.2) is 60.7 Å². The number of hydrogen-bond acceptors (Lipinski definition) is 8. The van der Waals surface area contributed by atoms with Crippen LogP contribution in [0.4, 0.5) is 0 Å². The first-order valence-corrected chi connectivity index (χ1v) is 17.8. The number of Topliss-reactive ketones (excluding diaryl/α,β-unsaturated/α-hetero) is 1. The van der Waals surface area contributed by atoms with Crippen LogP contribution < -0.4 is 14.2 Å². The second kappa shape index (κ2) is 15.9. The Morgan fingerprint density at radius 2 is 1.63 bits per heavy atom. The quantitative estimate of drug-likeness (QED) is 0.0989. The molecular formula is C39H49ClN4O5. The van der Waals surface area contributed by atoms with Crippen molar-refractivity contribution in [3.05, 3.63) is 82.6 Å². The van der Waals surface area contributed by atoms with Crippen molar-refractivity contribution < 1.29 is 23.7 Å². The zero-order valence-electron chi connectivity index (χ0n) is 29.3. The predicted molar refractivity (Wildman–Crippen MR) is 193 cm³/mol. The molecule has 3 heterocycles. The number of likely N-dealkylation sites (tertiary alicyclic amines) is 2. The summed E-state index contributed by atoms with van der Waals surface area (Å²) in [4.78, 5) is 23.7. The van der Waals surface area contributed by atoms with Gasteiger partial charge < -0.3 is 28.4 Å². The summed E-state index contributed by atoms with van der Waals surface area (Å²) >= 11 is 6.34. The van der Waals surface area contributed by atoms with Gasteiger partial charge in [-0.05, 0) is 106 Å². The van der Waals surface area contributed by atoms with Gasteiger partial charge in [0.05, 0.1) is 39.0 Å². The molecule has 2 saturated heterocycles. The van der Waals surface area contributed by atoms with Gasteiger partial charge in [-0.2, -0.15) is 0 Å². The first-order chi connectivity index (χ1) is 23.9. The number of hydrogen-bond donors (Lipinski definition) is 0. The number of para-hydroxylation sites is 2. The van der Waals surface area contributed by atoms with E-state index in [4.69, 9.17) is 35.5 Å². The molecule has 0 radical (unpaired) electrons. The number of ether oxygens (including phenoxy) is 4. The lowest BCUT2D eigenvalue weighted by Gasteiger charge is -2.36. The van der Waals surface area contributed by atoms with E-state index in [-0.39, 0.29) is 17.1 Å². The van der Waals surface area contributed by atoms with Crippen molar-refractivity contribution >= 4 is 28.4 Å². The van der Waals surface area contributed by atoms with Crippen molar-refractivity contribution in [2.45, 2.75) is 51.1 Å². The Balaban J connectivity index is 1.12. The minimum atomic E-state index is -0.0235. The number of benzene rings is 3. The van der Waals surface area contributed by atoms with E-state index in [0.717, 1.165) is 86.6 Å². The van der Waals surface area contributed by atoms with E-state index in [0.29, 0.717) is 42.8 Å². The Labute approximate surface area is 295 Å². The molecule has 2 aliphatic heterocycles. The highest BCUT2D eigenvalue weighted by atomic mass is 35.5. The van der Waals surface area contributed by atoms with Crippen molar-refractivity contribution in [1.29, 1.82) is 0 Å². The van der Waals surface area contributed by atoms with Gasteiger partial charge in [0, 0.05) is 42.6 Å². The molecule has 262 valence electrons. The molecule has 10 heteroatoms. The van der Waals surface area contributed by atoms with E-state index in [1.54, 1.807) is 21.3 Å². The average Bonchev–Trinajstić information content (AvgIpc) is 3.72. The number of carbonyl (C=O) groups is 1. The fourth-order valence-electron chi connectivity index (χ4n) is 7.73. The van der Waals surface area contributed by atoms with Gasteiger partial charge in [-0.3, -0.25) is 9.69 Å². The van der Waals surface area contributed by atoms with Crippen LogP contribution in [0.3, 0.4) is 0 Å². The lowest BCUT2D eigenvalue weighted by Crippen LogP contribution is -2.41. The van der Waals surface area contributed by atoms with E-state index in [9.17, 15) is 4.79 Å². The molecule has 0 bridgehead atoms. The average molecular weight is 689 g/mol. The molecule has 2 fully saturated rings. The number of methoxy groups -OCH3 is 3. The lowest BCUT2D eigenvalue weighted by atomic mass is 9.76. The largest absolute Gasteiger partial charge is 0.493 e. The zero-order valence-corrected chi connectivity index (χ0v) is 30.0. The van der Waals surface area contributed by atoms with Gasteiger partial charge in [-0.1, -0.05) is 35.9 Å². The fourth-order valence-corrected chi connectivity index (χ4v) is 7.86. The third-order valence-electron chi connectivity index (χ3n) is 10.4. The molecule has 1 unspecified atom stereocenters. The van der Waals surface area contributed by atoms with Crippen molar-refractivity contribution in [2.24, 2.45) is 5.92 Å². The Bertz CT molecular complexity index is 1690. The molecule has 0 aliphatic carbocycles. The van der Waals surface area contributed by atoms with E-state index in [2.05, 4.69) is 26.5 Å². The Kier molecular flexibility index (Phi) is 11.4. The van der Waals surface area contributed by atoms with Crippen LogP contribution in [0.1, 0.15) is 54.4 Å². The normalized spacial score (nSPS) is 19.0. The maximum absolute atomic E-state index is 13.9. The molecule has 6 rings (SSSR count). The second-order valence-corrected chi connectivity index (χ2v) is 13.7. The molecule has 0 amide bonds. The topological polar surface area (TPSA) is 78.3 Å². The summed E-state index contributed by atoms with van der Waals surface area (Å²) in [5.41, 5.74) is 4.32. The fraction of sp³-hybridized carbons (Fsp3) is 0.487. The number of carbonyl (C=O) groups excluding carboxylic acids is 1. The molecule has 0 spiro atoms. The van der Waals surface area contributed by atoms with Gasteiger partial charge >= 0.3 is 0 Å². The molecule has 9 nitrogen and oxygen atoms in total. The highest BCUT2D eigenvalue weighted by Gasteiger charge is 2.40. The molecule has 3 aromatic carbocycles. The number of aromatic nitrogens is 2. The maximum Gasteiger partial charge on any atom is 0.203 e. The molecule has 0 saturated carbocycles. The second-order valence-electron chi connectivity index (χ2n) is 13.3. The van der Waals surface area contributed by atoms with Crippen LogP contribution in [0.2, 0.25) is 5.02 Å². The SMILES string of the molecule is CCOCCn1c(C(=O)C2CCN(CCC3(c4ccc(Cl)cc4)CCN(Cc4cc(OC)c(OC)c(OC)c4)C3)CC2)nc2ccccc21. The molecule has 1 atom stereocenters. The molecular weight excluding hydrogens is 640 g/mol. The number of rotatable bonds is 15. The minimum Gasteiger partial charge on any atom is -0.493 e. The Morgan fingerprint density at radius 1 is 0.918 bits per heavy atom. The molecule has 49 heavy (non-hydrogen) atoms. The van der Waals surface area contributed by atoms with Crippen molar-refractivity contribution in [3.8, 4) is 17.2 Å². The van der Waals surface area contributed by atoms with Gasteiger partial charge in [-0.25, -0.2) is 4.98 Å². The van der Waals surface area contributed by atoms with Crippen LogP contribution in [0.25, 0.3) is 11.0 Å². The first kappa shape index (κ1) is 35.2. The van der Waals surface area contributed by atoms with E-state index in [1.807, 2.05) is 55.5 Å². The predicted octanol–water partition coefficient (Wildman–Crippen LogP) is 6.88. The smallest absolute Gasteiger partial charge is 0.203 e.